The maximum Gasteiger partial charge on any atom is 0.263 e. The van der Waals surface area contributed by atoms with Crippen LogP contribution >= 0.6 is 15.9 Å². The number of anilines is 1. The molecule has 122 valence electrons. The van der Waals surface area contributed by atoms with Gasteiger partial charge in [-0.2, -0.15) is 0 Å². The Morgan fingerprint density at radius 1 is 0.875 bits per heavy atom. The predicted octanol–water partition coefficient (Wildman–Crippen LogP) is 4.62. The zero-order chi connectivity index (χ0) is 17.2. The van der Waals surface area contributed by atoms with Gasteiger partial charge in [-0.15, -0.1) is 0 Å². The molecule has 0 aliphatic heterocycles. The van der Waals surface area contributed by atoms with Crippen LogP contribution in [0.15, 0.2) is 76.1 Å². The molecular weight excluding hydrogens is 388 g/mol. The van der Waals surface area contributed by atoms with E-state index >= 15 is 0 Å². The number of nitrogens with zero attached hydrogens (tertiary/aromatic N) is 1. The first kappa shape index (κ1) is 16.7. The van der Waals surface area contributed by atoms with Crippen LogP contribution in [-0.4, -0.2) is 13.4 Å². The molecule has 0 aliphatic rings. The SMILES string of the molecule is Cc1ccc(Br)c(NS(=O)(=O)c2ccc(-c3ccccc3)cc2)n1. The van der Waals surface area contributed by atoms with Gasteiger partial charge in [-0.1, -0.05) is 42.5 Å². The molecule has 0 fully saturated rings. The molecule has 24 heavy (non-hydrogen) atoms. The third kappa shape index (κ3) is 3.66. The quantitative estimate of drug-likeness (QED) is 0.692. The van der Waals surface area contributed by atoms with Crippen molar-refractivity contribution in [2.75, 3.05) is 4.72 Å². The number of hydrogen-bond donors (Lipinski definition) is 1. The molecule has 0 saturated carbocycles. The molecule has 1 aromatic heterocycles. The van der Waals surface area contributed by atoms with E-state index in [9.17, 15) is 8.42 Å². The molecule has 4 nitrogen and oxygen atoms in total. The molecule has 1 heterocycles. The van der Waals surface area contributed by atoms with Gasteiger partial charge in [0.15, 0.2) is 5.82 Å². The Morgan fingerprint density at radius 3 is 2.17 bits per heavy atom. The van der Waals surface area contributed by atoms with Gasteiger partial charge in [0.05, 0.1) is 9.37 Å². The Hall–Kier alpha value is -2.18. The molecule has 0 spiro atoms. The largest absolute Gasteiger partial charge is 0.263 e. The highest BCUT2D eigenvalue weighted by Crippen LogP contribution is 2.25. The molecule has 3 rings (SSSR count). The van der Waals surface area contributed by atoms with E-state index in [1.807, 2.05) is 30.3 Å². The van der Waals surface area contributed by atoms with E-state index in [1.54, 1.807) is 43.3 Å². The predicted molar refractivity (Wildman–Crippen MR) is 99.4 cm³/mol. The highest BCUT2D eigenvalue weighted by molar-refractivity contribution is 9.10. The lowest BCUT2D eigenvalue weighted by molar-refractivity contribution is 0.601. The van der Waals surface area contributed by atoms with Gasteiger partial charge in [0.25, 0.3) is 10.0 Å². The second kappa shape index (κ2) is 6.75. The summed E-state index contributed by atoms with van der Waals surface area (Å²) in [7, 11) is -3.69. The summed E-state index contributed by atoms with van der Waals surface area (Å²) in [5.41, 5.74) is 2.73. The summed E-state index contributed by atoms with van der Waals surface area (Å²) in [5.74, 6) is 0.280. The average molecular weight is 403 g/mol. The Balaban J connectivity index is 1.89. The van der Waals surface area contributed by atoms with E-state index in [1.165, 1.54) is 0 Å². The Bertz CT molecular complexity index is 956. The standard InChI is InChI=1S/C18H15BrN2O2S/c1-13-7-12-17(19)18(20-13)21-24(22,23)16-10-8-15(9-11-16)14-5-3-2-4-6-14/h2-12H,1H3,(H,20,21). The number of rotatable bonds is 4. The summed E-state index contributed by atoms with van der Waals surface area (Å²) in [4.78, 5) is 4.40. The van der Waals surface area contributed by atoms with Crippen molar-refractivity contribution in [2.45, 2.75) is 11.8 Å². The molecule has 1 N–H and O–H groups in total. The van der Waals surface area contributed by atoms with Gasteiger partial charge >= 0.3 is 0 Å². The first-order valence-corrected chi connectivity index (χ1v) is 9.55. The van der Waals surface area contributed by atoms with E-state index < -0.39 is 10.0 Å². The van der Waals surface area contributed by atoms with E-state index in [-0.39, 0.29) is 10.7 Å². The first-order chi connectivity index (χ1) is 11.5. The van der Waals surface area contributed by atoms with Gasteiger partial charge in [-0.05, 0) is 58.2 Å². The summed E-state index contributed by atoms with van der Waals surface area (Å²) in [6.07, 6.45) is 0. The summed E-state index contributed by atoms with van der Waals surface area (Å²) in [6.45, 7) is 1.80. The molecular formula is C18H15BrN2O2S. The van der Waals surface area contributed by atoms with Crippen molar-refractivity contribution in [3.8, 4) is 11.1 Å². The zero-order valence-electron chi connectivity index (χ0n) is 12.9. The Morgan fingerprint density at radius 2 is 1.50 bits per heavy atom. The molecule has 0 atom stereocenters. The van der Waals surface area contributed by atoms with Gasteiger partial charge in [0.1, 0.15) is 0 Å². The minimum Gasteiger partial charge on any atom is -0.262 e. The summed E-state index contributed by atoms with van der Waals surface area (Å²) >= 11 is 3.31. The molecule has 0 bridgehead atoms. The van der Waals surface area contributed by atoms with Crippen molar-refractivity contribution < 1.29 is 8.42 Å². The van der Waals surface area contributed by atoms with Crippen LogP contribution in [0.5, 0.6) is 0 Å². The van der Waals surface area contributed by atoms with Crippen molar-refractivity contribution >= 4 is 31.8 Å². The maximum atomic E-state index is 12.5. The molecule has 0 aliphatic carbocycles. The van der Waals surface area contributed by atoms with Crippen molar-refractivity contribution in [3.63, 3.8) is 0 Å². The second-order valence-corrected chi connectivity index (χ2v) is 7.82. The fourth-order valence-corrected chi connectivity index (χ4v) is 3.73. The van der Waals surface area contributed by atoms with Crippen LogP contribution < -0.4 is 4.72 Å². The number of halogens is 1. The topological polar surface area (TPSA) is 59.1 Å². The van der Waals surface area contributed by atoms with Crippen LogP contribution in [0.2, 0.25) is 0 Å². The summed E-state index contributed by atoms with van der Waals surface area (Å²) in [5, 5.41) is 0. The van der Waals surface area contributed by atoms with Crippen molar-refractivity contribution in [1.29, 1.82) is 0 Å². The number of benzene rings is 2. The number of aryl methyl sites for hydroxylation is 1. The fourth-order valence-electron chi connectivity index (χ4n) is 2.25. The van der Waals surface area contributed by atoms with Gasteiger partial charge < -0.3 is 0 Å². The normalized spacial score (nSPS) is 11.2. The molecule has 0 saturated heterocycles. The summed E-state index contributed by atoms with van der Waals surface area (Å²) in [6, 6.07) is 20.1. The van der Waals surface area contributed by atoms with E-state index in [0.717, 1.165) is 16.8 Å². The third-order valence-electron chi connectivity index (χ3n) is 3.49. The number of aromatic nitrogens is 1. The lowest BCUT2D eigenvalue weighted by Crippen LogP contribution is -2.14. The van der Waals surface area contributed by atoms with Gasteiger partial charge in [0, 0.05) is 5.69 Å². The van der Waals surface area contributed by atoms with Crippen LogP contribution in [-0.2, 0) is 10.0 Å². The molecule has 0 radical (unpaired) electrons. The second-order valence-electron chi connectivity index (χ2n) is 5.28. The smallest absolute Gasteiger partial charge is 0.262 e. The van der Waals surface area contributed by atoms with Crippen molar-refractivity contribution in [1.82, 2.24) is 4.98 Å². The van der Waals surface area contributed by atoms with Crippen LogP contribution in [0.3, 0.4) is 0 Å². The number of pyridine rings is 1. The number of hydrogen-bond acceptors (Lipinski definition) is 3. The minimum atomic E-state index is -3.69. The van der Waals surface area contributed by atoms with E-state index in [4.69, 9.17) is 0 Å². The fraction of sp³-hybridized carbons (Fsp3) is 0.0556. The van der Waals surface area contributed by atoms with Crippen LogP contribution in [0.4, 0.5) is 5.82 Å². The molecule has 2 aromatic carbocycles. The van der Waals surface area contributed by atoms with E-state index in [2.05, 4.69) is 25.6 Å². The van der Waals surface area contributed by atoms with Crippen LogP contribution in [0.1, 0.15) is 5.69 Å². The molecule has 3 aromatic rings. The Kier molecular flexibility index (Phi) is 4.69. The highest BCUT2D eigenvalue weighted by Gasteiger charge is 2.16. The van der Waals surface area contributed by atoms with Crippen LogP contribution in [0, 0.1) is 6.92 Å². The third-order valence-corrected chi connectivity index (χ3v) is 5.48. The zero-order valence-corrected chi connectivity index (χ0v) is 15.3. The summed E-state index contributed by atoms with van der Waals surface area (Å²) < 4.78 is 28.2. The highest BCUT2D eigenvalue weighted by atomic mass is 79.9. The molecule has 0 unspecified atom stereocenters. The lowest BCUT2D eigenvalue weighted by Gasteiger charge is -2.10. The number of sulfonamides is 1. The molecule has 6 heteroatoms. The van der Waals surface area contributed by atoms with Gasteiger partial charge in [0.2, 0.25) is 0 Å². The van der Waals surface area contributed by atoms with Crippen molar-refractivity contribution in [2.24, 2.45) is 0 Å². The minimum absolute atomic E-state index is 0.192. The monoisotopic (exact) mass is 402 g/mol. The average Bonchev–Trinajstić information content (AvgIpc) is 2.59. The Labute approximate surface area is 149 Å². The first-order valence-electron chi connectivity index (χ1n) is 7.27. The maximum absolute atomic E-state index is 12.5. The van der Waals surface area contributed by atoms with Crippen LogP contribution in [0.25, 0.3) is 11.1 Å². The number of nitrogens with one attached hydrogen (secondary N) is 1. The van der Waals surface area contributed by atoms with E-state index in [0.29, 0.717) is 4.47 Å². The lowest BCUT2D eigenvalue weighted by atomic mass is 10.1. The van der Waals surface area contributed by atoms with Crippen molar-refractivity contribution in [3.05, 3.63) is 76.9 Å². The molecule has 0 amide bonds. The van der Waals surface area contributed by atoms with Gasteiger partial charge in [-0.3, -0.25) is 4.72 Å². The van der Waals surface area contributed by atoms with Gasteiger partial charge in [-0.25, -0.2) is 13.4 Å².